The second kappa shape index (κ2) is 6.46. The molecule has 0 atom stereocenters. The summed E-state index contributed by atoms with van der Waals surface area (Å²) in [6.07, 6.45) is 3.96. The van der Waals surface area contributed by atoms with E-state index >= 15 is 0 Å². The van der Waals surface area contributed by atoms with Crippen molar-refractivity contribution in [3.8, 4) is 0 Å². The third kappa shape index (κ3) is 2.60. The third-order valence-electron chi connectivity index (χ3n) is 5.17. The first-order valence-electron chi connectivity index (χ1n) is 9.26. The van der Waals surface area contributed by atoms with Crippen molar-refractivity contribution in [2.24, 2.45) is 12.0 Å². The fourth-order valence-electron chi connectivity index (χ4n) is 3.82. The van der Waals surface area contributed by atoms with Crippen molar-refractivity contribution in [3.63, 3.8) is 0 Å². The summed E-state index contributed by atoms with van der Waals surface area (Å²) in [5.41, 5.74) is 5.98. The van der Waals surface area contributed by atoms with Crippen molar-refractivity contribution in [1.82, 2.24) is 4.57 Å². The Morgan fingerprint density at radius 3 is 2.25 bits per heavy atom. The maximum Gasteiger partial charge on any atom is 0.194 e. The van der Waals surface area contributed by atoms with E-state index in [2.05, 4.69) is 16.7 Å². The molecule has 1 aromatic heterocycles. The van der Waals surface area contributed by atoms with Gasteiger partial charge in [-0.2, -0.15) is 0 Å². The van der Waals surface area contributed by atoms with Crippen LogP contribution in [0.5, 0.6) is 0 Å². The summed E-state index contributed by atoms with van der Waals surface area (Å²) in [7, 11) is 2.01. The van der Waals surface area contributed by atoms with Crippen molar-refractivity contribution in [3.05, 3.63) is 108 Å². The van der Waals surface area contributed by atoms with Gasteiger partial charge in [-0.1, -0.05) is 60.7 Å². The number of hydrogen-bond acceptors (Lipinski definition) is 2. The number of Topliss-reactive ketones (excluding diaryl/α,β-unsaturated/α-hetero) is 1. The van der Waals surface area contributed by atoms with Gasteiger partial charge < -0.3 is 4.57 Å². The van der Waals surface area contributed by atoms with Crippen LogP contribution in [-0.4, -0.2) is 16.1 Å². The van der Waals surface area contributed by atoms with Crippen LogP contribution < -0.4 is 0 Å². The lowest BCUT2D eigenvalue weighted by Gasteiger charge is -2.17. The Labute approximate surface area is 163 Å². The summed E-state index contributed by atoms with van der Waals surface area (Å²) >= 11 is 0. The second-order valence-electron chi connectivity index (χ2n) is 6.94. The molecule has 0 fully saturated rings. The normalized spacial score (nSPS) is 15.0. The largest absolute Gasteiger partial charge is 0.350 e. The minimum Gasteiger partial charge on any atom is -0.350 e. The van der Waals surface area contributed by atoms with Crippen LogP contribution >= 0.6 is 0 Å². The van der Waals surface area contributed by atoms with Crippen molar-refractivity contribution in [2.45, 2.75) is 0 Å². The van der Waals surface area contributed by atoms with E-state index in [4.69, 9.17) is 4.99 Å². The number of carbonyl (C=O) groups excluding carboxylic acids is 1. The Bertz CT molecular complexity index is 1280. The zero-order valence-electron chi connectivity index (χ0n) is 15.5. The van der Waals surface area contributed by atoms with E-state index < -0.39 is 0 Å². The first kappa shape index (κ1) is 16.5. The molecule has 134 valence electrons. The van der Waals surface area contributed by atoms with Gasteiger partial charge in [0.15, 0.2) is 5.78 Å². The van der Waals surface area contributed by atoms with Crippen LogP contribution in [-0.2, 0) is 7.05 Å². The van der Waals surface area contributed by atoms with Crippen LogP contribution in [0.25, 0.3) is 16.5 Å². The van der Waals surface area contributed by atoms with Crippen molar-refractivity contribution in [1.29, 1.82) is 0 Å². The van der Waals surface area contributed by atoms with E-state index in [0.717, 1.165) is 33.4 Å². The lowest BCUT2D eigenvalue weighted by Crippen LogP contribution is -2.16. The zero-order valence-corrected chi connectivity index (χ0v) is 15.5. The van der Waals surface area contributed by atoms with E-state index in [-0.39, 0.29) is 5.78 Å². The van der Waals surface area contributed by atoms with Gasteiger partial charge in [0, 0.05) is 46.4 Å². The average Bonchev–Trinajstić information content (AvgIpc) is 3.08. The molecule has 0 aliphatic heterocycles. The van der Waals surface area contributed by atoms with Gasteiger partial charge in [0.2, 0.25) is 0 Å². The number of ketones is 1. The maximum atomic E-state index is 13.3. The summed E-state index contributed by atoms with van der Waals surface area (Å²) in [5, 5.41) is 1.07. The lowest BCUT2D eigenvalue weighted by atomic mass is 9.85. The molecule has 0 N–H and O–H groups in total. The van der Waals surface area contributed by atoms with Crippen molar-refractivity contribution < 1.29 is 4.79 Å². The highest BCUT2D eigenvalue weighted by atomic mass is 16.1. The van der Waals surface area contributed by atoms with E-state index in [1.165, 1.54) is 0 Å². The van der Waals surface area contributed by atoms with Gasteiger partial charge in [-0.15, -0.1) is 0 Å². The molecule has 0 spiro atoms. The highest BCUT2D eigenvalue weighted by Gasteiger charge is 2.26. The third-order valence-corrected chi connectivity index (χ3v) is 5.17. The number of aryl methyl sites for hydroxylation is 1. The predicted molar refractivity (Wildman–Crippen MR) is 114 cm³/mol. The molecule has 28 heavy (non-hydrogen) atoms. The van der Waals surface area contributed by atoms with E-state index in [0.29, 0.717) is 11.1 Å². The molecule has 3 heteroatoms. The summed E-state index contributed by atoms with van der Waals surface area (Å²) in [5.74, 6) is 0.0407. The number of benzene rings is 3. The predicted octanol–water partition coefficient (Wildman–Crippen LogP) is 5.58. The molecule has 0 radical (unpaired) electrons. The number of fused-ring (bicyclic) bond motifs is 2. The van der Waals surface area contributed by atoms with Gasteiger partial charge in [-0.3, -0.25) is 4.79 Å². The topological polar surface area (TPSA) is 34.4 Å². The molecule has 4 aromatic rings. The first-order valence-corrected chi connectivity index (χ1v) is 9.26. The molecule has 1 aliphatic rings. The summed E-state index contributed by atoms with van der Waals surface area (Å²) in [6.45, 7) is 0. The van der Waals surface area contributed by atoms with Gasteiger partial charge >= 0.3 is 0 Å². The number of nitrogens with zero attached hydrogens (tertiary/aromatic N) is 2. The quantitative estimate of drug-likeness (QED) is 0.458. The Kier molecular flexibility index (Phi) is 3.80. The molecule has 0 saturated carbocycles. The summed E-state index contributed by atoms with van der Waals surface area (Å²) in [4.78, 5) is 18.2. The molecule has 0 amide bonds. The number of hydrogen-bond donors (Lipinski definition) is 0. The minimum absolute atomic E-state index is 0.0407. The molecule has 5 rings (SSSR count). The second-order valence-corrected chi connectivity index (χ2v) is 6.94. The minimum atomic E-state index is 0.0407. The number of allylic oxidation sites excluding steroid dienone is 2. The van der Waals surface area contributed by atoms with E-state index in [9.17, 15) is 4.79 Å². The van der Waals surface area contributed by atoms with Crippen LogP contribution in [0.15, 0.2) is 96.1 Å². The van der Waals surface area contributed by atoms with Gasteiger partial charge in [0.1, 0.15) is 0 Å². The lowest BCUT2D eigenvalue weighted by molar-refractivity contribution is 0.105. The standard InChI is InChI=1S/C25H18N2O/c1-27-16-22(19-12-7-8-14-24(19)27)21-15-23(26-17-9-3-2-4-10-17)18-11-5-6-13-20(18)25(21)28/h2-16H,1H3. The average molecular weight is 362 g/mol. The first-order chi connectivity index (χ1) is 13.7. The smallest absolute Gasteiger partial charge is 0.194 e. The summed E-state index contributed by atoms with van der Waals surface area (Å²) < 4.78 is 2.06. The highest BCUT2D eigenvalue weighted by molar-refractivity contribution is 6.40. The Morgan fingerprint density at radius 1 is 0.750 bits per heavy atom. The SMILES string of the molecule is Cn1cc(C2=CC(=Nc3ccccc3)c3ccccc3C2=O)c2ccccc21. The number of para-hydroxylation sites is 2. The van der Waals surface area contributed by atoms with Crippen LogP contribution in [0.1, 0.15) is 21.5 Å². The Balaban J connectivity index is 1.76. The fourth-order valence-corrected chi connectivity index (χ4v) is 3.82. The Morgan fingerprint density at radius 2 is 1.43 bits per heavy atom. The van der Waals surface area contributed by atoms with Crippen LogP contribution in [0.3, 0.4) is 0 Å². The number of carbonyl (C=O) groups is 1. The van der Waals surface area contributed by atoms with E-state index in [1.807, 2.05) is 86.1 Å². The van der Waals surface area contributed by atoms with Crippen LogP contribution in [0.2, 0.25) is 0 Å². The molecule has 3 aromatic carbocycles. The molecule has 0 saturated heterocycles. The van der Waals surface area contributed by atoms with E-state index in [1.54, 1.807) is 0 Å². The number of rotatable bonds is 2. The molecular formula is C25H18N2O. The number of aromatic nitrogens is 1. The van der Waals surface area contributed by atoms with Crippen LogP contribution in [0, 0.1) is 0 Å². The molecule has 0 bridgehead atoms. The number of aliphatic imine (C=N–C) groups is 1. The Hall–Kier alpha value is -3.72. The molecule has 1 aliphatic carbocycles. The van der Waals surface area contributed by atoms with Crippen LogP contribution in [0.4, 0.5) is 5.69 Å². The molecule has 1 heterocycles. The molecule has 3 nitrogen and oxygen atoms in total. The van der Waals surface area contributed by atoms with Gasteiger partial charge in [-0.05, 0) is 24.3 Å². The molecule has 0 unspecified atom stereocenters. The highest BCUT2D eigenvalue weighted by Crippen LogP contribution is 2.33. The maximum absolute atomic E-state index is 13.3. The van der Waals surface area contributed by atoms with Gasteiger partial charge in [0.05, 0.1) is 11.4 Å². The van der Waals surface area contributed by atoms with Gasteiger partial charge in [0.25, 0.3) is 0 Å². The van der Waals surface area contributed by atoms with Gasteiger partial charge in [-0.25, -0.2) is 4.99 Å². The van der Waals surface area contributed by atoms with Crippen molar-refractivity contribution in [2.75, 3.05) is 0 Å². The fraction of sp³-hybridized carbons (Fsp3) is 0.0400. The monoisotopic (exact) mass is 362 g/mol. The zero-order chi connectivity index (χ0) is 19.1. The van der Waals surface area contributed by atoms with Crippen molar-refractivity contribution >= 4 is 33.7 Å². The molecular weight excluding hydrogens is 344 g/mol. The summed E-state index contributed by atoms with van der Waals surface area (Å²) in [6, 6.07) is 25.7.